The van der Waals surface area contributed by atoms with Crippen LogP contribution in [-0.2, 0) is 31.0 Å². The van der Waals surface area contributed by atoms with E-state index in [1.54, 1.807) is 30.3 Å². The average molecular weight is 453 g/mol. The highest BCUT2D eigenvalue weighted by atomic mass is 32.2. The van der Waals surface area contributed by atoms with Crippen LogP contribution in [0.1, 0.15) is 17.5 Å². The van der Waals surface area contributed by atoms with Crippen molar-refractivity contribution in [2.75, 3.05) is 14.1 Å². The van der Waals surface area contributed by atoms with E-state index in [9.17, 15) is 22.8 Å². The molecular formula is C19H23N3O8S. The zero-order valence-corrected chi connectivity index (χ0v) is 17.6. The van der Waals surface area contributed by atoms with Crippen molar-refractivity contribution in [1.29, 1.82) is 0 Å². The number of hydrogen-bond donors (Lipinski definition) is 4. The maximum Gasteiger partial charge on any atom is 0.314 e. The lowest BCUT2D eigenvalue weighted by Crippen LogP contribution is -2.14. The van der Waals surface area contributed by atoms with Gasteiger partial charge in [-0.15, -0.1) is 0 Å². The number of carboxylic acid groups (broad SMARTS) is 2. The largest absolute Gasteiger partial charge is 0.481 e. The molecule has 2 aromatic rings. The Bertz CT molecular complexity index is 1030. The number of hydrogen-bond acceptors (Lipinski definition) is 7. The SMILES string of the molecule is CN(C)Cc1ccc(S(=O)(=O)n2ccc(/C=C/C(=O)NO)c2)cc1.O=C(O)CC(=O)O. The van der Waals surface area contributed by atoms with E-state index in [0.29, 0.717) is 5.56 Å². The Morgan fingerprint density at radius 2 is 1.65 bits per heavy atom. The van der Waals surface area contributed by atoms with Gasteiger partial charge in [0.2, 0.25) is 0 Å². The second kappa shape index (κ2) is 11.6. The van der Waals surface area contributed by atoms with Gasteiger partial charge >= 0.3 is 11.9 Å². The third-order valence-electron chi connectivity index (χ3n) is 3.53. The van der Waals surface area contributed by atoms with Crippen molar-refractivity contribution < 1.29 is 38.2 Å². The zero-order chi connectivity index (χ0) is 23.6. The summed E-state index contributed by atoms with van der Waals surface area (Å²) in [5, 5.41) is 23.8. The molecule has 0 unspecified atom stereocenters. The lowest BCUT2D eigenvalue weighted by molar-refractivity contribution is -0.147. The number of amides is 1. The summed E-state index contributed by atoms with van der Waals surface area (Å²) < 4.78 is 26.3. The van der Waals surface area contributed by atoms with Crippen LogP contribution in [0.5, 0.6) is 0 Å². The number of rotatable bonds is 8. The fourth-order valence-corrected chi connectivity index (χ4v) is 3.44. The topological polar surface area (TPSA) is 166 Å². The van der Waals surface area contributed by atoms with Gasteiger partial charge < -0.3 is 15.1 Å². The molecule has 12 heteroatoms. The highest BCUT2D eigenvalue weighted by molar-refractivity contribution is 7.90. The fourth-order valence-electron chi connectivity index (χ4n) is 2.23. The molecule has 0 atom stereocenters. The first-order valence-electron chi connectivity index (χ1n) is 8.68. The van der Waals surface area contributed by atoms with Gasteiger partial charge in [0.1, 0.15) is 6.42 Å². The first-order valence-corrected chi connectivity index (χ1v) is 10.1. The molecule has 0 spiro atoms. The predicted molar refractivity (Wildman–Crippen MR) is 110 cm³/mol. The van der Waals surface area contributed by atoms with Gasteiger partial charge in [-0.25, -0.2) is 17.9 Å². The standard InChI is InChI=1S/C16H19N3O4S.C3H4O4/c1-18(2)11-13-3-6-15(7-4-13)24(22,23)19-10-9-14(12-19)5-8-16(20)17-21;4-2(5)1-3(6)7/h3-10,12,21H,11H2,1-2H3,(H,17,20);1H2,(H,4,5)(H,6,7)/b8-5+;. The number of nitrogens with zero attached hydrogens (tertiary/aromatic N) is 2. The number of aliphatic carboxylic acids is 2. The summed E-state index contributed by atoms with van der Waals surface area (Å²) in [6.07, 6.45) is 4.49. The Morgan fingerprint density at radius 3 is 2.10 bits per heavy atom. The van der Waals surface area contributed by atoms with Crippen molar-refractivity contribution in [3.8, 4) is 0 Å². The summed E-state index contributed by atoms with van der Waals surface area (Å²) in [6, 6.07) is 8.26. The summed E-state index contributed by atoms with van der Waals surface area (Å²) in [7, 11) is 0.194. The van der Waals surface area contributed by atoms with Crippen molar-refractivity contribution in [3.63, 3.8) is 0 Å². The minimum Gasteiger partial charge on any atom is -0.481 e. The van der Waals surface area contributed by atoms with Crippen LogP contribution in [0.15, 0.2) is 53.7 Å². The van der Waals surface area contributed by atoms with E-state index in [0.717, 1.165) is 22.2 Å². The van der Waals surface area contributed by atoms with E-state index in [1.807, 2.05) is 19.0 Å². The van der Waals surface area contributed by atoms with Gasteiger partial charge in [-0.2, -0.15) is 0 Å². The van der Waals surface area contributed by atoms with Crippen LogP contribution in [0.4, 0.5) is 0 Å². The highest BCUT2D eigenvalue weighted by Gasteiger charge is 2.16. The van der Waals surface area contributed by atoms with Gasteiger partial charge in [0.05, 0.1) is 4.90 Å². The molecule has 1 aromatic carbocycles. The average Bonchev–Trinajstić information content (AvgIpc) is 3.15. The van der Waals surface area contributed by atoms with Crippen LogP contribution in [-0.4, -0.2) is 64.7 Å². The smallest absolute Gasteiger partial charge is 0.314 e. The number of benzene rings is 1. The van der Waals surface area contributed by atoms with E-state index in [4.69, 9.17) is 15.4 Å². The molecule has 0 aliphatic rings. The third-order valence-corrected chi connectivity index (χ3v) is 5.18. The van der Waals surface area contributed by atoms with Crippen LogP contribution in [0.3, 0.4) is 0 Å². The van der Waals surface area contributed by atoms with Gasteiger partial charge in [0.25, 0.3) is 15.9 Å². The Labute approximate surface area is 178 Å². The zero-order valence-electron chi connectivity index (χ0n) is 16.8. The monoisotopic (exact) mass is 453 g/mol. The minimum absolute atomic E-state index is 0.184. The molecular weight excluding hydrogens is 430 g/mol. The molecule has 0 radical (unpaired) electrons. The van der Waals surface area contributed by atoms with Crippen molar-refractivity contribution in [1.82, 2.24) is 14.4 Å². The van der Waals surface area contributed by atoms with Crippen molar-refractivity contribution in [2.45, 2.75) is 17.9 Å². The highest BCUT2D eigenvalue weighted by Crippen LogP contribution is 2.17. The molecule has 11 nitrogen and oxygen atoms in total. The molecule has 0 aliphatic carbocycles. The fraction of sp³-hybridized carbons (Fsp3) is 0.211. The van der Waals surface area contributed by atoms with Crippen LogP contribution in [0.2, 0.25) is 0 Å². The molecule has 0 fully saturated rings. The Morgan fingerprint density at radius 1 is 1.06 bits per heavy atom. The molecule has 31 heavy (non-hydrogen) atoms. The van der Waals surface area contributed by atoms with Crippen LogP contribution < -0.4 is 5.48 Å². The quantitative estimate of drug-likeness (QED) is 0.196. The van der Waals surface area contributed by atoms with Crippen molar-refractivity contribution in [3.05, 3.63) is 59.9 Å². The molecule has 0 aliphatic heterocycles. The van der Waals surface area contributed by atoms with Gasteiger partial charge in [-0.05, 0) is 49.5 Å². The number of carbonyl (C=O) groups is 3. The summed E-state index contributed by atoms with van der Waals surface area (Å²) in [5.74, 6) is -3.32. The summed E-state index contributed by atoms with van der Waals surface area (Å²) in [5.41, 5.74) is 3.00. The van der Waals surface area contributed by atoms with E-state index in [-0.39, 0.29) is 4.90 Å². The first-order chi connectivity index (χ1) is 14.4. The number of aromatic nitrogens is 1. The van der Waals surface area contributed by atoms with Crippen LogP contribution >= 0.6 is 0 Å². The van der Waals surface area contributed by atoms with Crippen LogP contribution in [0.25, 0.3) is 6.08 Å². The van der Waals surface area contributed by atoms with Gasteiger partial charge in [-0.3, -0.25) is 19.6 Å². The van der Waals surface area contributed by atoms with Gasteiger partial charge in [0, 0.05) is 25.0 Å². The Kier molecular flexibility index (Phi) is 9.60. The van der Waals surface area contributed by atoms with Crippen LogP contribution in [0, 0.1) is 0 Å². The predicted octanol–water partition coefficient (Wildman–Crippen LogP) is 0.851. The summed E-state index contributed by atoms with van der Waals surface area (Å²) in [4.78, 5) is 32.0. The second-order valence-electron chi connectivity index (χ2n) is 6.44. The molecule has 168 valence electrons. The Balaban J connectivity index is 0.000000592. The minimum atomic E-state index is -3.69. The van der Waals surface area contributed by atoms with E-state index in [2.05, 4.69) is 0 Å². The molecule has 1 heterocycles. The maximum atomic E-state index is 12.6. The van der Waals surface area contributed by atoms with Gasteiger partial charge in [-0.1, -0.05) is 12.1 Å². The number of nitrogens with one attached hydrogen (secondary N) is 1. The molecule has 1 aromatic heterocycles. The molecule has 4 N–H and O–H groups in total. The first kappa shape index (κ1) is 25.6. The van der Waals surface area contributed by atoms with Gasteiger partial charge in [0.15, 0.2) is 0 Å². The maximum absolute atomic E-state index is 12.6. The molecule has 0 saturated heterocycles. The van der Waals surface area contributed by atoms with E-state index >= 15 is 0 Å². The molecule has 1 amide bonds. The third kappa shape index (κ3) is 8.82. The lowest BCUT2D eigenvalue weighted by Gasteiger charge is -2.10. The molecule has 0 bridgehead atoms. The normalized spacial score (nSPS) is 11.1. The molecule has 0 saturated carbocycles. The van der Waals surface area contributed by atoms with Crippen molar-refractivity contribution >= 4 is 33.9 Å². The summed E-state index contributed by atoms with van der Waals surface area (Å²) in [6.45, 7) is 0.728. The number of carbonyl (C=O) groups excluding carboxylic acids is 1. The number of carboxylic acids is 2. The van der Waals surface area contributed by atoms with E-state index < -0.39 is 34.3 Å². The number of hydroxylamine groups is 1. The van der Waals surface area contributed by atoms with Crippen molar-refractivity contribution in [2.24, 2.45) is 0 Å². The second-order valence-corrected chi connectivity index (χ2v) is 8.28. The molecule has 2 rings (SSSR count). The van der Waals surface area contributed by atoms with E-state index in [1.165, 1.54) is 23.9 Å². The Hall–Kier alpha value is -3.48. The summed E-state index contributed by atoms with van der Waals surface area (Å²) >= 11 is 0. The lowest BCUT2D eigenvalue weighted by atomic mass is 10.2.